The van der Waals surface area contributed by atoms with Crippen molar-refractivity contribution in [2.45, 2.75) is 27.4 Å². The number of para-hydroxylation sites is 1. The van der Waals surface area contributed by atoms with Gasteiger partial charge in [0.05, 0.1) is 23.0 Å². The maximum absolute atomic E-state index is 13.9. The number of carbonyl (C=O) groups is 2. The molecule has 2 aromatic heterocycles. The van der Waals surface area contributed by atoms with Gasteiger partial charge in [0.25, 0.3) is 5.91 Å². The van der Waals surface area contributed by atoms with Gasteiger partial charge in [-0.1, -0.05) is 12.1 Å². The molecule has 0 bridgehead atoms. The van der Waals surface area contributed by atoms with Gasteiger partial charge in [0.1, 0.15) is 23.9 Å². The van der Waals surface area contributed by atoms with Gasteiger partial charge in [-0.2, -0.15) is 5.10 Å². The van der Waals surface area contributed by atoms with E-state index < -0.39 is 17.6 Å². The molecule has 0 radical (unpaired) electrons. The van der Waals surface area contributed by atoms with Crippen LogP contribution in [0.15, 0.2) is 98.9 Å². The fourth-order valence-electron chi connectivity index (χ4n) is 4.67. The zero-order valence-corrected chi connectivity index (χ0v) is 27.5. The van der Waals surface area contributed by atoms with Crippen molar-refractivity contribution in [3.63, 3.8) is 0 Å². The van der Waals surface area contributed by atoms with Gasteiger partial charge in [-0.3, -0.25) is 9.59 Å². The Kier molecular flexibility index (Phi) is 10.7. The highest BCUT2D eigenvalue weighted by Crippen LogP contribution is 2.36. The van der Waals surface area contributed by atoms with E-state index in [4.69, 9.17) is 18.6 Å². The largest absolute Gasteiger partial charge is 0.490 e. The first-order valence-corrected chi connectivity index (χ1v) is 15.4. The summed E-state index contributed by atoms with van der Waals surface area (Å²) >= 11 is 3.43. The summed E-state index contributed by atoms with van der Waals surface area (Å²) in [5.74, 6) is 0.204. The van der Waals surface area contributed by atoms with Crippen molar-refractivity contribution in [1.82, 2.24) is 9.99 Å². The van der Waals surface area contributed by atoms with Gasteiger partial charge in [-0.05, 0) is 115 Å². The number of nitrogens with one attached hydrogen (secondary N) is 2. The number of aryl methyl sites for hydroxylation is 2. The molecule has 5 aromatic rings. The van der Waals surface area contributed by atoms with E-state index >= 15 is 0 Å². The maximum atomic E-state index is 13.9. The first-order chi connectivity index (χ1) is 22.7. The van der Waals surface area contributed by atoms with E-state index in [1.54, 1.807) is 37.3 Å². The maximum Gasteiger partial charge on any atom is 0.307 e. The van der Waals surface area contributed by atoms with Crippen molar-refractivity contribution >= 4 is 39.6 Å². The minimum absolute atomic E-state index is 0.0536. The summed E-state index contributed by atoms with van der Waals surface area (Å²) in [5.41, 5.74) is 6.41. The Balaban J connectivity index is 1.14. The molecule has 10 nitrogen and oxygen atoms in total. The monoisotopic (exact) mass is 702 g/mol. The lowest BCUT2D eigenvalue weighted by molar-refractivity contribution is -0.118. The Labute approximate surface area is 279 Å². The van der Waals surface area contributed by atoms with Crippen molar-refractivity contribution in [3.8, 4) is 22.9 Å². The summed E-state index contributed by atoms with van der Waals surface area (Å²) in [6.45, 7) is 6.00. The number of ether oxygens (including phenoxy) is 3. The third-order valence-electron chi connectivity index (χ3n) is 6.84. The Morgan fingerprint density at radius 1 is 0.957 bits per heavy atom. The first kappa shape index (κ1) is 33.0. The molecule has 242 valence electrons. The topological polar surface area (TPSA) is 116 Å². The molecule has 2 N–H and O–H groups in total. The Hall–Kier alpha value is -5.36. The van der Waals surface area contributed by atoms with Crippen molar-refractivity contribution in [2.24, 2.45) is 5.10 Å². The average molecular weight is 704 g/mol. The van der Waals surface area contributed by atoms with Crippen molar-refractivity contribution < 1.29 is 32.6 Å². The second kappa shape index (κ2) is 15.3. The highest BCUT2D eigenvalue weighted by atomic mass is 79.9. The number of benzene rings is 3. The number of rotatable bonds is 13. The van der Waals surface area contributed by atoms with Gasteiger partial charge in [0, 0.05) is 17.1 Å². The van der Waals surface area contributed by atoms with E-state index in [1.807, 2.05) is 24.3 Å². The minimum Gasteiger partial charge on any atom is -0.490 e. The first-order valence-electron chi connectivity index (χ1n) is 14.7. The predicted molar refractivity (Wildman–Crippen MR) is 179 cm³/mol. The summed E-state index contributed by atoms with van der Waals surface area (Å²) in [7, 11) is 0. The molecular weight excluding hydrogens is 671 g/mol. The molecule has 2 heterocycles. The lowest BCUT2D eigenvalue weighted by Crippen LogP contribution is -2.21. The highest BCUT2D eigenvalue weighted by Gasteiger charge is 2.16. The molecule has 0 atom stereocenters. The molecule has 0 unspecified atom stereocenters. The molecule has 0 aliphatic rings. The number of anilines is 1. The molecule has 0 fully saturated rings. The van der Waals surface area contributed by atoms with Gasteiger partial charge in [0.2, 0.25) is 0 Å². The van der Waals surface area contributed by atoms with Crippen LogP contribution in [-0.2, 0) is 11.4 Å². The number of aromatic nitrogens is 1. The lowest BCUT2D eigenvalue weighted by Gasteiger charge is -2.14. The van der Waals surface area contributed by atoms with E-state index in [1.165, 1.54) is 24.4 Å². The zero-order chi connectivity index (χ0) is 33.3. The summed E-state index contributed by atoms with van der Waals surface area (Å²) < 4.78 is 39.4. The molecule has 2 amide bonds. The smallest absolute Gasteiger partial charge is 0.307 e. The molecule has 0 saturated heterocycles. The minimum atomic E-state index is -0.551. The normalized spacial score (nSPS) is 11.0. The van der Waals surface area contributed by atoms with Crippen molar-refractivity contribution in [3.05, 3.63) is 124 Å². The molecule has 3 aromatic carbocycles. The Morgan fingerprint density at radius 2 is 1.70 bits per heavy atom. The van der Waals surface area contributed by atoms with Crippen LogP contribution in [0.4, 0.5) is 10.1 Å². The number of hydrogen-bond acceptors (Lipinski definition) is 7. The van der Waals surface area contributed by atoms with Crippen LogP contribution in [-0.4, -0.2) is 35.8 Å². The average Bonchev–Trinajstić information content (AvgIpc) is 3.67. The Bertz CT molecular complexity index is 1880. The summed E-state index contributed by atoms with van der Waals surface area (Å²) in [6.07, 6.45) is 1.42. The van der Waals surface area contributed by atoms with Gasteiger partial charge >= 0.3 is 5.91 Å². The second-order valence-electron chi connectivity index (χ2n) is 10.3. The zero-order valence-electron chi connectivity index (χ0n) is 25.9. The van der Waals surface area contributed by atoms with Crippen LogP contribution in [0.3, 0.4) is 0 Å². The van der Waals surface area contributed by atoms with Crippen LogP contribution < -0.4 is 25.0 Å². The summed E-state index contributed by atoms with van der Waals surface area (Å²) in [5, 5.41) is 6.50. The van der Waals surface area contributed by atoms with E-state index in [0.29, 0.717) is 33.9 Å². The molecule has 0 spiro atoms. The Morgan fingerprint density at radius 3 is 2.43 bits per heavy atom. The number of nitrogens with zero attached hydrogens (tertiary/aromatic N) is 2. The molecular formula is C35H32BrFN4O6. The third-order valence-corrected chi connectivity index (χ3v) is 7.43. The van der Waals surface area contributed by atoms with Crippen LogP contribution >= 0.6 is 15.9 Å². The number of amides is 2. The van der Waals surface area contributed by atoms with E-state index in [-0.39, 0.29) is 30.4 Å². The standard InChI is InChI=1S/C35H32BrFN4O6/c1-4-44-32-18-24(17-28(36)34(32)46-21-33(42)39-30-8-6-5-7-29(30)37)19-38-40-35(43)31-16-15-27(47-31)20-45-26-13-11-25(12-14-26)41-22(2)9-10-23(41)3/h5-19H,4,20-21H2,1-3H3,(H,39,42)(H,40,43)/b38-19+. The van der Waals surface area contributed by atoms with Crippen LogP contribution in [0.1, 0.15) is 40.2 Å². The summed E-state index contributed by atoms with van der Waals surface area (Å²) in [4.78, 5) is 25.0. The summed E-state index contributed by atoms with van der Waals surface area (Å²) in [6, 6.07) is 24.3. The molecule has 0 aliphatic heterocycles. The number of halogens is 2. The molecule has 47 heavy (non-hydrogen) atoms. The quantitative estimate of drug-likeness (QED) is 0.0979. The SMILES string of the molecule is CCOc1cc(/C=N/NC(=O)c2ccc(COc3ccc(-n4c(C)ccc4C)cc3)o2)cc(Br)c1OCC(=O)Nc1ccccc1F. The van der Waals surface area contributed by atoms with Crippen molar-refractivity contribution in [2.75, 3.05) is 18.5 Å². The molecule has 0 aliphatic carbocycles. The number of carbonyl (C=O) groups excluding carboxylic acids is 2. The van der Waals surface area contributed by atoms with Gasteiger partial charge in [-0.25, -0.2) is 9.82 Å². The third kappa shape index (κ3) is 8.47. The van der Waals surface area contributed by atoms with Gasteiger partial charge in [0.15, 0.2) is 23.9 Å². The van der Waals surface area contributed by atoms with Crippen LogP contribution in [0.25, 0.3) is 5.69 Å². The lowest BCUT2D eigenvalue weighted by atomic mass is 10.2. The van der Waals surface area contributed by atoms with E-state index in [0.717, 1.165) is 17.1 Å². The molecule has 5 rings (SSSR count). The fraction of sp³-hybridized carbons (Fsp3) is 0.171. The number of furan rings is 1. The van der Waals surface area contributed by atoms with E-state index in [2.05, 4.69) is 62.3 Å². The van der Waals surface area contributed by atoms with Gasteiger partial charge in [-0.15, -0.1) is 0 Å². The number of hydrazone groups is 1. The van der Waals surface area contributed by atoms with Crippen LogP contribution in [0.2, 0.25) is 0 Å². The van der Waals surface area contributed by atoms with Gasteiger partial charge < -0.3 is 28.5 Å². The van der Waals surface area contributed by atoms with Crippen molar-refractivity contribution in [1.29, 1.82) is 0 Å². The fourth-order valence-corrected chi connectivity index (χ4v) is 5.25. The second-order valence-corrected chi connectivity index (χ2v) is 11.1. The predicted octanol–water partition coefficient (Wildman–Crippen LogP) is 7.35. The number of hydrogen-bond donors (Lipinski definition) is 2. The highest BCUT2D eigenvalue weighted by molar-refractivity contribution is 9.10. The molecule has 12 heteroatoms. The van der Waals surface area contributed by atoms with Crippen LogP contribution in [0, 0.1) is 19.7 Å². The molecule has 0 saturated carbocycles. The van der Waals surface area contributed by atoms with E-state index in [9.17, 15) is 14.0 Å². The van der Waals surface area contributed by atoms with Crippen LogP contribution in [0.5, 0.6) is 17.2 Å².